The van der Waals surface area contributed by atoms with Gasteiger partial charge in [0.1, 0.15) is 6.54 Å². The molecule has 132 valence electrons. The van der Waals surface area contributed by atoms with Crippen molar-refractivity contribution in [2.45, 2.75) is 25.3 Å². The Morgan fingerprint density at radius 3 is 2.35 bits per heavy atom. The lowest BCUT2D eigenvalue weighted by molar-refractivity contribution is -0.132. The monoisotopic (exact) mass is 348 g/mol. The predicted octanol–water partition coefficient (Wildman–Crippen LogP) is 2.82. The maximum atomic E-state index is 12.8. The standard InChI is InChI=1S/C21H20N2O3/c1-22(18-12-6-8-14-7-2-3-9-15(14)18)19(24)13-23-20(25)16-10-4-5-11-17(16)21(23)26/h2-5,7,9-11,18H,6,8,12-13H2,1H3. The van der Waals surface area contributed by atoms with E-state index in [2.05, 4.69) is 12.1 Å². The number of aryl methyl sites for hydroxylation is 1. The van der Waals surface area contributed by atoms with Crippen LogP contribution in [0.2, 0.25) is 0 Å². The average Bonchev–Trinajstić information content (AvgIpc) is 2.92. The highest BCUT2D eigenvalue weighted by molar-refractivity contribution is 6.22. The molecule has 1 atom stereocenters. The Labute approximate surface area is 152 Å². The van der Waals surface area contributed by atoms with E-state index < -0.39 is 11.8 Å². The van der Waals surface area contributed by atoms with Gasteiger partial charge in [0.05, 0.1) is 17.2 Å². The van der Waals surface area contributed by atoms with Crippen LogP contribution < -0.4 is 0 Å². The number of hydrogen-bond acceptors (Lipinski definition) is 3. The number of carbonyl (C=O) groups excluding carboxylic acids is 3. The molecule has 1 unspecified atom stereocenters. The van der Waals surface area contributed by atoms with Gasteiger partial charge < -0.3 is 4.90 Å². The lowest BCUT2D eigenvalue weighted by Gasteiger charge is -2.34. The number of carbonyl (C=O) groups is 3. The highest BCUT2D eigenvalue weighted by atomic mass is 16.2. The molecule has 1 heterocycles. The van der Waals surface area contributed by atoms with Crippen molar-refractivity contribution in [2.24, 2.45) is 0 Å². The zero-order valence-electron chi connectivity index (χ0n) is 14.6. The number of hydrogen-bond donors (Lipinski definition) is 0. The minimum absolute atomic E-state index is 0.0115. The van der Waals surface area contributed by atoms with Crippen LogP contribution in [0.5, 0.6) is 0 Å². The zero-order valence-corrected chi connectivity index (χ0v) is 14.6. The quantitative estimate of drug-likeness (QED) is 0.802. The van der Waals surface area contributed by atoms with Gasteiger partial charge >= 0.3 is 0 Å². The van der Waals surface area contributed by atoms with Crippen LogP contribution in [0.1, 0.15) is 50.7 Å². The molecule has 0 saturated heterocycles. The van der Waals surface area contributed by atoms with Gasteiger partial charge in [-0.3, -0.25) is 19.3 Å². The van der Waals surface area contributed by atoms with Gasteiger partial charge in [-0.2, -0.15) is 0 Å². The first kappa shape index (κ1) is 16.5. The highest BCUT2D eigenvalue weighted by Gasteiger charge is 2.37. The second kappa shape index (κ2) is 6.41. The normalized spacial score (nSPS) is 18.5. The molecule has 0 aromatic heterocycles. The molecule has 4 rings (SSSR count). The SMILES string of the molecule is CN(C(=O)CN1C(=O)c2ccccc2C1=O)C1CCCc2ccccc21. The van der Waals surface area contributed by atoms with Crippen LogP contribution in [-0.4, -0.2) is 41.1 Å². The number of fused-ring (bicyclic) bond motifs is 2. The molecule has 0 saturated carbocycles. The molecule has 1 aliphatic heterocycles. The molecule has 5 heteroatoms. The number of benzene rings is 2. The van der Waals surface area contributed by atoms with Gasteiger partial charge in [-0.15, -0.1) is 0 Å². The summed E-state index contributed by atoms with van der Waals surface area (Å²) in [6, 6.07) is 14.8. The summed E-state index contributed by atoms with van der Waals surface area (Å²) in [6.07, 6.45) is 2.93. The maximum Gasteiger partial charge on any atom is 0.262 e. The Hall–Kier alpha value is -2.95. The average molecular weight is 348 g/mol. The number of rotatable bonds is 3. The van der Waals surface area contributed by atoms with Gasteiger partial charge in [0.15, 0.2) is 0 Å². The van der Waals surface area contributed by atoms with Crippen LogP contribution in [0.3, 0.4) is 0 Å². The van der Waals surface area contributed by atoms with Crippen LogP contribution in [0, 0.1) is 0 Å². The van der Waals surface area contributed by atoms with E-state index in [0.717, 1.165) is 29.7 Å². The van der Waals surface area contributed by atoms with Gasteiger partial charge in [-0.05, 0) is 42.5 Å². The summed E-state index contributed by atoms with van der Waals surface area (Å²) >= 11 is 0. The summed E-state index contributed by atoms with van der Waals surface area (Å²) in [5.74, 6) is -1.01. The van der Waals surface area contributed by atoms with E-state index in [1.807, 2.05) is 12.1 Å². The molecule has 0 N–H and O–H groups in total. The number of nitrogens with zero attached hydrogens (tertiary/aromatic N) is 2. The zero-order chi connectivity index (χ0) is 18.3. The summed E-state index contributed by atoms with van der Waals surface area (Å²) in [5, 5.41) is 0. The van der Waals surface area contributed by atoms with Gasteiger partial charge in [0.2, 0.25) is 5.91 Å². The fraction of sp³-hybridized carbons (Fsp3) is 0.286. The summed E-state index contributed by atoms with van der Waals surface area (Å²) in [6.45, 7) is -0.221. The second-order valence-corrected chi connectivity index (χ2v) is 6.85. The second-order valence-electron chi connectivity index (χ2n) is 6.85. The Morgan fingerprint density at radius 1 is 1.04 bits per heavy atom. The Bertz CT molecular complexity index is 871. The number of imide groups is 1. The molecule has 0 radical (unpaired) electrons. The topological polar surface area (TPSA) is 57.7 Å². The molecule has 2 aliphatic rings. The van der Waals surface area contributed by atoms with Crippen molar-refractivity contribution >= 4 is 17.7 Å². The summed E-state index contributed by atoms with van der Waals surface area (Å²) in [4.78, 5) is 40.5. The molecular weight excluding hydrogens is 328 g/mol. The predicted molar refractivity (Wildman–Crippen MR) is 96.7 cm³/mol. The first-order chi connectivity index (χ1) is 12.6. The van der Waals surface area contributed by atoms with Crippen LogP contribution in [0.4, 0.5) is 0 Å². The molecule has 2 aromatic carbocycles. The molecule has 0 fully saturated rings. The van der Waals surface area contributed by atoms with Crippen molar-refractivity contribution in [1.82, 2.24) is 9.80 Å². The maximum absolute atomic E-state index is 12.8. The van der Waals surface area contributed by atoms with E-state index in [0.29, 0.717) is 11.1 Å². The molecule has 3 amide bonds. The molecule has 1 aliphatic carbocycles. The molecule has 5 nitrogen and oxygen atoms in total. The third kappa shape index (κ3) is 2.60. The fourth-order valence-electron chi connectivity index (χ4n) is 3.93. The van der Waals surface area contributed by atoms with Crippen molar-refractivity contribution in [3.8, 4) is 0 Å². The van der Waals surface area contributed by atoms with Crippen LogP contribution in [-0.2, 0) is 11.2 Å². The van der Waals surface area contributed by atoms with Gasteiger partial charge in [0.25, 0.3) is 11.8 Å². The minimum Gasteiger partial charge on any atom is -0.337 e. The fourth-order valence-corrected chi connectivity index (χ4v) is 3.93. The summed E-state index contributed by atoms with van der Waals surface area (Å²) in [7, 11) is 1.76. The number of likely N-dealkylation sites (N-methyl/N-ethyl adjacent to an activating group) is 1. The molecule has 0 bridgehead atoms. The van der Waals surface area contributed by atoms with Crippen molar-refractivity contribution in [3.05, 3.63) is 70.8 Å². The van der Waals surface area contributed by atoms with Crippen molar-refractivity contribution in [1.29, 1.82) is 0 Å². The Morgan fingerprint density at radius 2 is 1.65 bits per heavy atom. The van der Waals surface area contributed by atoms with Crippen molar-refractivity contribution < 1.29 is 14.4 Å². The van der Waals surface area contributed by atoms with E-state index in [9.17, 15) is 14.4 Å². The van der Waals surface area contributed by atoms with Crippen molar-refractivity contribution in [3.63, 3.8) is 0 Å². The molecule has 26 heavy (non-hydrogen) atoms. The van der Waals surface area contributed by atoms with E-state index >= 15 is 0 Å². The third-order valence-electron chi connectivity index (χ3n) is 5.37. The third-order valence-corrected chi connectivity index (χ3v) is 5.37. The highest BCUT2D eigenvalue weighted by Crippen LogP contribution is 2.33. The molecular formula is C21H20N2O3. The van der Waals surface area contributed by atoms with Gasteiger partial charge in [-0.1, -0.05) is 36.4 Å². The molecule has 0 spiro atoms. The van der Waals surface area contributed by atoms with Crippen LogP contribution in [0.25, 0.3) is 0 Å². The van der Waals surface area contributed by atoms with Crippen LogP contribution >= 0.6 is 0 Å². The van der Waals surface area contributed by atoms with E-state index in [1.54, 1.807) is 36.2 Å². The minimum atomic E-state index is -0.392. The molecule has 2 aromatic rings. The summed E-state index contributed by atoms with van der Waals surface area (Å²) < 4.78 is 0. The van der Waals surface area contributed by atoms with Gasteiger partial charge in [-0.25, -0.2) is 0 Å². The smallest absolute Gasteiger partial charge is 0.262 e. The number of amides is 3. The summed E-state index contributed by atoms with van der Waals surface area (Å²) in [5.41, 5.74) is 3.17. The van der Waals surface area contributed by atoms with E-state index in [4.69, 9.17) is 0 Å². The van der Waals surface area contributed by atoms with Crippen LogP contribution in [0.15, 0.2) is 48.5 Å². The van der Waals surface area contributed by atoms with E-state index in [-0.39, 0.29) is 18.5 Å². The lowest BCUT2D eigenvalue weighted by Crippen LogP contribution is -2.43. The first-order valence-electron chi connectivity index (χ1n) is 8.86. The largest absolute Gasteiger partial charge is 0.337 e. The lowest BCUT2D eigenvalue weighted by atomic mass is 9.87. The first-order valence-corrected chi connectivity index (χ1v) is 8.86. The van der Waals surface area contributed by atoms with E-state index in [1.165, 1.54) is 5.56 Å². The van der Waals surface area contributed by atoms with Gasteiger partial charge in [0, 0.05) is 7.05 Å². The Kier molecular flexibility index (Phi) is 4.07. The van der Waals surface area contributed by atoms with Crippen molar-refractivity contribution in [2.75, 3.05) is 13.6 Å². The Balaban J connectivity index is 1.53.